The van der Waals surface area contributed by atoms with Gasteiger partial charge in [0.15, 0.2) is 0 Å². The van der Waals surface area contributed by atoms with Crippen LogP contribution in [0, 0.1) is 12.8 Å². The van der Waals surface area contributed by atoms with E-state index in [-0.39, 0.29) is 0 Å². The molecule has 1 saturated carbocycles. The summed E-state index contributed by atoms with van der Waals surface area (Å²) in [5.74, 6) is 0.712. The van der Waals surface area contributed by atoms with Crippen LogP contribution in [0.5, 0.6) is 0 Å². The fraction of sp³-hybridized carbons (Fsp3) is 0.700. The van der Waals surface area contributed by atoms with Gasteiger partial charge in [-0.15, -0.1) is 0 Å². The van der Waals surface area contributed by atoms with Gasteiger partial charge in [0.25, 0.3) is 0 Å². The molecule has 0 amide bonds. The summed E-state index contributed by atoms with van der Waals surface area (Å²) in [5, 5.41) is 0. The molecular weight excluding hydrogens is 136 g/mol. The number of ether oxygens (including phenoxy) is 1. The Kier molecular flexibility index (Phi) is 1.76. The van der Waals surface area contributed by atoms with E-state index < -0.39 is 0 Å². The van der Waals surface area contributed by atoms with Crippen LogP contribution in [0.3, 0.4) is 0 Å². The van der Waals surface area contributed by atoms with E-state index in [9.17, 15) is 0 Å². The van der Waals surface area contributed by atoms with Crippen molar-refractivity contribution < 1.29 is 4.74 Å². The molecule has 2 fully saturated rings. The van der Waals surface area contributed by atoms with E-state index in [4.69, 9.17) is 4.74 Å². The maximum absolute atomic E-state index is 5.45. The average Bonchev–Trinajstić information content (AvgIpc) is 2.80. The second kappa shape index (κ2) is 2.63. The number of allylic oxidation sites excluding steroid dienone is 2. The van der Waals surface area contributed by atoms with Gasteiger partial charge in [-0.2, -0.15) is 0 Å². The molecule has 3 atom stereocenters. The lowest BCUT2D eigenvalue weighted by Gasteiger charge is -2.18. The number of fused-ring (bicyclic) bond motifs is 1. The third-order valence-corrected chi connectivity index (χ3v) is 2.90. The van der Waals surface area contributed by atoms with E-state index in [1.54, 1.807) is 0 Å². The fourth-order valence-electron chi connectivity index (χ4n) is 1.98. The molecule has 0 spiro atoms. The smallest absolute Gasteiger partial charge is 0.0847 e. The van der Waals surface area contributed by atoms with Crippen molar-refractivity contribution >= 4 is 0 Å². The molecule has 3 unspecified atom stereocenters. The van der Waals surface area contributed by atoms with Gasteiger partial charge in [-0.25, -0.2) is 0 Å². The van der Waals surface area contributed by atoms with E-state index >= 15 is 0 Å². The van der Waals surface area contributed by atoms with Gasteiger partial charge in [-0.05, 0) is 39.0 Å². The normalized spacial score (nSPS) is 43.5. The predicted molar refractivity (Wildman–Crippen MR) is 45.1 cm³/mol. The Bertz CT molecular complexity index is 183. The van der Waals surface area contributed by atoms with Crippen LogP contribution in [-0.4, -0.2) is 12.2 Å². The number of hydrogen-bond donors (Lipinski definition) is 0. The first-order valence-corrected chi connectivity index (χ1v) is 4.45. The molecule has 1 heteroatoms. The van der Waals surface area contributed by atoms with Crippen molar-refractivity contribution in [3.63, 3.8) is 0 Å². The SMILES string of the molecule is [CH2]C(=CC)C1CCC2OC2C1. The highest BCUT2D eigenvalue weighted by molar-refractivity contribution is 5.12. The Balaban J connectivity index is 1.94. The summed E-state index contributed by atoms with van der Waals surface area (Å²) >= 11 is 0. The maximum Gasteiger partial charge on any atom is 0.0847 e. The van der Waals surface area contributed by atoms with Crippen LogP contribution in [0.2, 0.25) is 0 Å². The second-order valence-electron chi connectivity index (χ2n) is 3.59. The van der Waals surface area contributed by atoms with Crippen molar-refractivity contribution in [3.8, 4) is 0 Å². The lowest BCUT2D eigenvalue weighted by atomic mass is 9.84. The third kappa shape index (κ3) is 1.34. The van der Waals surface area contributed by atoms with Crippen molar-refractivity contribution in [3.05, 3.63) is 18.6 Å². The van der Waals surface area contributed by atoms with Gasteiger partial charge in [-0.3, -0.25) is 0 Å². The summed E-state index contributed by atoms with van der Waals surface area (Å²) in [6, 6.07) is 0. The molecule has 0 N–H and O–H groups in total. The van der Waals surface area contributed by atoms with Crippen LogP contribution in [-0.2, 0) is 4.74 Å². The van der Waals surface area contributed by atoms with Crippen LogP contribution in [0.25, 0.3) is 0 Å². The summed E-state index contributed by atoms with van der Waals surface area (Å²) in [6.07, 6.45) is 7.09. The second-order valence-corrected chi connectivity index (χ2v) is 3.59. The zero-order valence-corrected chi connectivity index (χ0v) is 7.05. The van der Waals surface area contributed by atoms with Crippen molar-refractivity contribution in [1.82, 2.24) is 0 Å². The maximum atomic E-state index is 5.45. The molecule has 2 rings (SSSR count). The lowest BCUT2D eigenvalue weighted by molar-refractivity contribution is 0.369. The number of rotatable bonds is 1. The monoisotopic (exact) mass is 151 g/mol. The topological polar surface area (TPSA) is 12.5 Å². The van der Waals surface area contributed by atoms with E-state index in [1.165, 1.54) is 24.8 Å². The van der Waals surface area contributed by atoms with Crippen molar-refractivity contribution in [2.75, 3.05) is 0 Å². The van der Waals surface area contributed by atoms with Gasteiger partial charge in [-0.1, -0.05) is 11.6 Å². The molecule has 0 aromatic heterocycles. The molecule has 0 bridgehead atoms. The van der Waals surface area contributed by atoms with Crippen molar-refractivity contribution in [2.45, 2.75) is 38.4 Å². The van der Waals surface area contributed by atoms with Gasteiger partial charge in [0.2, 0.25) is 0 Å². The molecule has 1 heterocycles. The molecule has 11 heavy (non-hydrogen) atoms. The van der Waals surface area contributed by atoms with Crippen molar-refractivity contribution in [1.29, 1.82) is 0 Å². The number of epoxide rings is 1. The highest BCUT2D eigenvalue weighted by atomic mass is 16.6. The largest absolute Gasteiger partial charge is 0.370 e. The quantitative estimate of drug-likeness (QED) is 0.524. The summed E-state index contributed by atoms with van der Waals surface area (Å²) in [7, 11) is 0. The Morgan fingerprint density at radius 2 is 2.27 bits per heavy atom. The highest BCUT2D eigenvalue weighted by Gasteiger charge is 2.43. The molecular formula is C10H15O. The molecule has 1 aliphatic carbocycles. The molecule has 1 nitrogen and oxygen atoms in total. The standard InChI is InChI=1S/C10H15O/c1-3-7(2)8-4-5-9-10(6-8)11-9/h3,8-10H,2,4-6H2,1H3. The molecule has 0 aromatic carbocycles. The van der Waals surface area contributed by atoms with Crippen LogP contribution in [0.4, 0.5) is 0 Å². The average molecular weight is 151 g/mol. The summed E-state index contributed by atoms with van der Waals surface area (Å²) in [4.78, 5) is 0. The van der Waals surface area contributed by atoms with Gasteiger partial charge in [0.1, 0.15) is 0 Å². The Labute approximate surface area is 68.4 Å². The van der Waals surface area contributed by atoms with E-state index in [0.717, 1.165) is 0 Å². The van der Waals surface area contributed by atoms with Gasteiger partial charge in [0, 0.05) is 0 Å². The molecule has 1 saturated heterocycles. The minimum Gasteiger partial charge on any atom is -0.370 e. The Morgan fingerprint density at radius 1 is 1.45 bits per heavy atom. The lowest BCUT2D eigenvalue weighted by Crippen LogP contribution is -2.14. The van der Waals surface area contributed by atoms with E-state index in [2.05, 4.69) is 19.9 Å². The van der Waals surface area contributed by atoms with E-state index in [1.807, 2.05) is 0 Å². The third-order valence-electron chi connectivity index (χ3n) is 2.90. The summed E-state index contributed by atoms with van der Waals surface area (Å²) in [6.45, 7) is 6.11. The van der Waals surface area contributed by atoms with Gasteiger partial charge >= 0.3 is 0 Å². The fourth-order valence-corrected chi connectivity index (χ4v) is 1.98. The van der Waals surface area contributed by atoms with Crippen LogP contribution >= 0.6 is 0 Å². The molecule has 0 aromatic rings. The van der Waals surface area contributed by atoms with Gasteiger partial charge in [0.05, 0.1) is 12.2 Å². The Morgan fingerprint density at radius 3 is 2.91 bits per heavy atom. The zero-order chi connectivity index (χ0) is 7.84. The van der Waals surface area contributed by atoms with Crippen molar-refractivity contribution in [2.24, 2.45) is 5.92 Å². The summed E-state index contributed by atoms with van der Waals surface area (Å²) < 4.78 is 5.45. The zero-order valence-electron chi connectivity index (χ0n) is 7.05. The first kappa shape index (κ1) is 7.35. The van der Waals surface area contributed by atoms with Gasteiger partial charge < -0.3 is 4.74 Å². The summed E-state index contributed by atoms with van der Waals surface area (Å²) in [5.41, 5.74) is 1.30. The predicted octanol–water partition coefficient (Wildman–Crippen LogP) is 2.33. The van der Waals surface area contributed by atoms with Crippen LogP contribution in [0.15, 0.2) is 11.6 Å². The van der Waals surface area contributed by atoms with E-state index in [0.29, 0.717) is 18.1 Å². The highest BCUT2D eigenvalue weighted by Crippen LogP contribution is 2.41. The number of hydrogen-bond acceptors (Lipinski definition) is 1. The molecule has 1 aliphatic heterocycles. The minimum absolute atomic E-state index is 0.588. The molecule has 2 aliphatic rings. The molecule has 1 radical (unpaired) electrons. The first-order valence-electron chi connectivity index (χ1n) is 4.45. The molecule has 61 valence electrons. The first-order chi connectivity index (χ1) is 5.31. The van der Waals surface area contributed by atoms with Crippen LogP contribution < -0.4 is 0 Å². The minimum atomic E-state index is 0.588. The Hall–Kier alpha value is -0.300. The van der Waals surface area contributed by atoms with Crippen LogP contribution in [0.1, 0.15) is 26.2 Å².